The van der Waals surface area contributed by atoms with E-state index in [0.29, 0.717) is 18.9 Å². The van der Waals surface area contributed by atoms with Crippen molar-refractivity contribution in [3.05, 3.63) is 0 Å². The van der Waals surface area contributed by atoms with Crippen molar-refractivity contribution in [2.75, 3.05) is 13.1 Å². The van der Waals surface area contributed by atoms with Gasteiger partial charge in [0.25, 0.3) is 0 Å². The van der Waals surface area contributed by atoms with Crippen LogP contribution in [0, 0.1) is 11.8 Å². The van der Waals surface area contributed by atoms with Gasteiger partial charge < -0.3 is 5.73 Å². The first-order chi connectivity index (χ1) is 8.53. The molecule has 108 valence electrons. The van der Waals surface area contributed by atoms with Gasteiger partial charge in [0.1, 0.15) is 0 Å². The van der Waals surface area contributed by atoms with Crippen LogP contribution in [0.15, 0.2) is 0 Å². The molecule has 0 radical (unpaired) electrons. The molecule has 0 heterocycles. The SMILES string of the molecule is CCC1CCC(CNS(=O)(=O)C(CC)CN)CC1. The van der Waals surface area contributed by atoms with Crippen molar-refractivity contribution >= 4 is 10.0 Å². The van der Waals surface area contributed by atoms with E-state index in [4.69, 9.17) is 5.73 Å². The lowest BCUT2D eigenvalue weighted by molar-refractivity contribution is 0.270. The Balaban J connectivity index is 2.37. The summed E-state index contributed by atoms with van der Waals surface area (Å²) in [5.41, 5.74) is 5.50. The lowest BCUT2D eigenvalue weighted by Crippen LogP contribution is -2.41. The second-order valence-electron chi connectivity index (χ2n) is 5.45. The van der Waals surface area contributed by atoms with Gasteiger partial charge in [0.2, 0.25) is 10.0 Å². The normalized spacial score (nSPS) is 27.1. The van der Waals surface area contributed by atoms with E-state index in [1.165, 1.54) is 19.3 Å². The van der Waals surface area contributed by atoms with E-state index in [1.807, 2.05) is 6.92 Å². The molecule has 1 rings (SSSR count). The molecule has 0 amide bonds. The van der Waals surface area contributed by atoms with Gasteiger partial charge in [0.05, 0.1) is 5.25 Å². The molecule has 18 heavy (non-hydrogen) atoms. The van der Waals surface area contributed by atoms with Crippen LogP contribution in [0.3, 0.4) is 0 Å². The maximum atomic E-state index is 12.0. The fraction of sp³-hybridized carbons (Fsp3) is 1.00. The maximum Gasteiger partial charge on any atom is 0.215 e. The van der Waals surface area contributed by atoms with E-state index in [-0.39, 0.29) is 6.54 Å². The fourth-order valence-electron chi connectivity index (χ4n) is 2.71. The molecule has 1 unspecified atom stereocenters. The second-order valence-corrected chi connectivity index (χ2v) is 7.50. The molecule has 0 bridgehead atoms. The van der Waals surface area contributed by atoms with Crippen molar-refractivity contribution in [3.63, 3.8) is 0 Å². The minimum Gasteiger partial charge on any atom is -0.329 e. The molecule has 0 spiro atoms. The highest BCUT2D eigenvalue weighted by atomic mass is 32.2. The highest BCUT2D eigenvalue weighted by Gasteiger charge is 2.25. The standard InChI is InChI=1S/C13H28N2O2S/c1-3-11-5-7-12(8-6-11)10-15-18(16,17)13(4-2)9-14/h11-13,15H,3-10,14H2,1-2H3. The van der Waals surface area contributed by atoms with E-state index in [9.17, 15) is 8.42 Å². The molecule has 0 aromatic rings. The summed E-state index contributed by atoms with van der Waals surface area (Å²) in [5.74, 6) is 1.36. The Morgan fingerprint density at radius 2 is 1.72 bits per heavy atom. The molecule has 0 aliphatic heterocycles. The Morgan fingerprint density at radius 3 is 2.17 bits per heavy atom. The predicted octanol–water partition coefficient (Wildman–Crippen LogP) is 1.86. The van der Waals surface area contributed by atoms with Gasteiger partial charge in [0, 0.05) is 13.1 Å². The zero-order valence-electron chi connectivity index (χ0n) is 11.7. The van der Waals surface area contributed by atoms with Crippen LogP contribution in [0.5, 0.6) is 0 Å². The summed E-state index contributed by atoms with van der Waals surface area (Å²) in [6.07, 6.45) is 6.63. The van der Waals surface area contributed by atoms with Crippen molar-refractivity contribution in [3.8, 4) is 0 Å². The van der Waals surface area contributed by atoms with Crippen LogP contribution in [0.1, 0.15) is 52.4 Å². The molecule has 1 aliphatic carbocycles. The van der Waals surface area contributed by atoms with Gasteiger partial charge >= 0.3 is 0 Å². The zero-order valence-corrected chi connectivity index (χ0v) is 12.5. The molecule has 4 nitrogen and oxygen atoms in total. The van der Waals surface area contributed by atoms with Crippen molar-refractivity contribution in [2.24, 2.45) is 17.6 Å². The highest BCUT2D eigenvalue weighted by molar-refractivity contribution is 7.90. The molecule has 0 aromatic heterocycles. The highest BCUT2D eigenvalue weighted by Crippen LogP contribution is 2.30. The van der Waals surface area contributed by atoms with E-state index >= 15 is 0 Å². The first kappa shape index (κ1) is 15.9. The number of sulfonamides is 1. The Labute approximate surface area is 112 Å². The second kappa shape index (κ2) is 7.46. The van der Waals surface area contributed by atoms with Crippen LogP contribution in [-0.4, -0.2) is 26.8 Å². The summed E-state index contributed by atoms with van der Waals surface area (Å²) in [4.78, 5) is 0. The number of nitrogens with one attached hydrogen (secondary N) is 1. The van der Waals surface area contributed by atoms with Gasteiger partial charge in [-0.1, -0.05) is 33.1 Å². The minimum absolute atomic E-state index is 0.203. The molecule has 3 N–H and O–H groups in total. The van der Waals surface area contributed by atoms with Gasteiger partial charge in [-0.2, -0.15) is 0 Å². The predicted molar refractivity (Wildman–Crippen MR) is 75.8 cm³/mol. The molecule has 1 aliphatic rings. The fourth-order valence-corrected chi connectivity index (χ4v) is 4.10. The van der Waals surface area contributed by atoms with Crippen molar-refractivity contribution < 1.29 is 8.42 Å². The molecule has 1 atom stereocenters. The molecule has 5 heteroatoms. The Morgan fingerprint density at radius 1 is 1.17 bits per heavy atom. The third-order valence-electron chi connectivity index (χ3n) is 4.27. The van der Waals surface area contributed by atoms with Gasteiger partial charge in [-0.3, -0.25) is 0 Å². The summed E-state index contributed by atoms with van der Waals surface area (Å²) >= 11 is 0. The number of rotatable bonds is 7. The van der Waals surface area contributed by atoms with Crippen LogP contribution in [-0.2, 0) is 10.0 Å². The van der Waals surface area contributed by atoms with Crippen molar-refractivity contribution in [2.45, 2.75) is 57.6 Å². The molecular formula is C13H28N2O2S. The van der Waals surface area contributed by atoms with Crippen LogP contribution in [0.25, 0.3) is 0 Å². The Kier molecular flexibility index (Phi) is 6.60. The first-order valence-corrected chi connectivity index (χ1v) is 8.76. The summed E-state index contributed by atoms with van der Waals surface area (Å²) in [6, 6.07) is 0. The van der Waals surface area contributed by atoms with Crippen LogP contribution >= 0.6 is 0 Å². The third kappa shape index (κ3) is 4.52. The van der Waals surface area contributed by atoms with Crippen molar-refractivity contribution in [1.29, 1.82) is 0 Å². The van der Waals surface area contributed by atoms with E-state index in [1.54, 1.807) is 0 Å². The summed E-state index contributed by atoms with van der Waals surface area (Å²) < 4.78 is 26.7. The van der Waals surface area contributed by atoms with E-state index < -0.39 is 15.3 Å². The molecule has 0 saturated heterocycles. The number of nitrogens with two attached hydrogens (primary N) is 1. The molecule has 0 aromatic carbocycles. The average Bonchev–Trinajstić information content (AvgIpc) is 2.38. The van der Waals surface area contributed by atoms with Crippen LogP contribution < -0.4 is 10.5 Å². The lowest BCUT2D eigenvalue weighted by Gasteiger charge is -2.28. The number of hydrogen-bond donors (Lipinski definition) is 2. The quantitative estimate of drug-likeness (QED) is 0.745. The summed E-state index contributed by atoms with van der Waals surface area (Å²) in [7, 11) is -3.22. The van der Waals surface area contributed by atoms with E-state index in [0.717, 1.165) is 18.8 Å². The third-order valence-corrected chi connectivity index (χ3v) is 6.25. The van der Waals surface area contributed by atoms with Gasteiger partial charge in [0.15, 0.2) is 0 Å². The lowest BCUT2D eigenvalue weighted by atomic mass is 9.81. The Bertz CT molecular complexity index is 318. The minimum atomic E-state index is -3.22. The van der Waals surface area contributed by atoms with Gasteiger partial charge in [-0.25, -0.2) is 13.1 Å². The summed E-state index contributed by atoms with van der Waals surface area (Å²) in [5, 5.41) is -0.440. The van der Waals surface area contributed by atoms with Crippen LogP contribution in [0.2, 0.25) is 0 Å². The number of hydrogen-bond acceptors (Lipinski definition) is 3. The Hall–Kier alpha value is -0.130. The largest absolute Gasteiger partial charge is 0.329 e. The molecule has 1 fully saturated rings. The maximum absolute atomic E-state index is 12.0. The molecular weight excluding hydrogens is 248 g/mol. The van der Waals surface area contributed by atoms with Crippen molar-refractivity contribution in [1.82, 2.24) is 4.72 Å². The topological polar surface area (TPSA) is 72.2 Å². The smallest absolute Gasteiger partial charge is 0.215 e. The van der Waals surface area contributed by atoms with E-state index in [2.05, 4.69) is 11.6 Å². The monoisotopic (exact) mass is 276 g/mol. The first-order valence-electron chi connectivity index (χ1n) is 7.22. The van der Waals surface area contributed by atoms with Crippen LogP contribution in [0.4, 0.5) is 0 Å². The van der Waals surface area contributed by atoms with Gasteiger partial charge in [-0.15, -0.1) is 0 Å². The van der Waals surface area contributed by atoms with Gasteiger partial charge in [-0.05, 0) is 31.1 Å². The average molecular weight is 276 g/mol. The summed E-state index contributed by atoms with van der Waals surface area (Å²) in [6.45, 7) is 4.90. The zero-order chi connectivity index (χ0) is 13.6. The molecule has 1 saturated carbocycles.